The maximum atomic E-state index is 13.4. The van der Waals surface area contributed by atoms with E-state index < -0.39 is 0 Å². The van der Waals surface area contributed by atoms with Gasteiger partial charge in [-0.2, -0.15) is 0 Å². The van der Waals surface area contributed by atoms with Gasteiger partial charge < -0.3 is 10.6 Å². The molecule has 0 aromatic heterocycles. The van der Waals surface area contributed by atoms with Gasteiger partial charge >= 0.3 is 0 Å². The Bertz CT molecular complexity index is 432. The van der Waals surface area contributed by atoms with Crippen molar-refractivity contribution in [2.75, 3.05) is 12.4 Å². The van der Waals surface area contributed by atoms with E-state index in [1.54, 1.807) is 19.1 Å². The molecular formula is C11H12FIN2O. The number of halogens is 2. The molecule has 0 bridgehead atoms. The first-order valence-electron chi connectivity index (χ1n) is 4.65. The van der Waals surface area contributed by atoms with Crippen molar-refractivity contribution >= 4 is 34.2 Å². The second-order valence-electron chi connectivity index (χ2n) is 3.19. The minimum Gasteiger partial charge on any atom is -0.357 e. The predicted molar refractivity (Wildman–Crippen MR) is 70.6 cm³/mol. The van der Waals surface area contributed by atoms with Crippen LogP contribution in [-0.4, -0.2) is 13.0 Å². The summed E-state index contributed by atoms with van der Waals surface area (Å²) < 4.78 is 14.3. The van der Waals surface area contributed by atoms with Crippen LogP contribution in [0.3, 0.4) is 0 Å². The van der Waals surface area contributed by atoms with E-state index >= 15 is 0 Å². The van der Waals surface area contributed by atoms with Crippen molar-refractivity contribution in [1.82, 2.24) is 5.32 Å². The van der Waals surface area contributed by atoms with Gasteiger partial charge in [-0.25, -0.2) is 4.39 Å². The maximum absolute atomic E-state index is 13.4. The van der Waals surface area contributed by atoms with Crippen LogP contribution in [0.5, 0.6) is 0 Å². The van der Waals surface area contributed by atoms with E-state index in [0.717, 1.165) is 3.57 Å². The van der Waals surface area contributed by atoms with E-state index in [1.165, 1.54) is 19.2 Å². The van der Waals surface area contributed by atoms with Crippen LogP contribution in [0.1, 0.15) is 6.92 Å². The standard InChI is InChI=1S/C11H12FIN2O/c1-7(5-11(16)14-2)15-10-4-3-8(13)6-9(10)12/h3-6,15H,1-2H3,(H,14,16)/b7-5-. The number of hydrogen-bond acceptors (Lipinski definition) is 2. The fraction of sp³-hybridized carbons (Fsp3) is 0.182. The number of rotatable bonds is 3. The Balaban J connectivity index is 2.81. The molecular weight excluding hydrogens is 322 g/mol. The maximum Gasteiger partial charge on any atom is 0.245 e. The first-order chi connectivity index (χ1) is 7.52. The van der Waals surface area contributed by atoms with E-state index in [9.17, 15) is 9.18 Å². The highest BCUT2D eigenvalue weighted by molar-refractivity contribution is 14.1. The fourth-order valence-corrected chi connectivity index (χ4v) is 1.56. The Labute approximate surface area is 107 Å². The lowest BCUT2D eigenvalue weighted by atomic mass is 10.3. The molecule has 1 aromatic rings. The number of likely N-dealkylation sites (N-methyl/N-ethyl adjacent to an activating group) is 1. The van der Waals surface area contributed by atoms with Crippen LogP contribution in [0.15, 0.2) is 30.0 Å². The molecule has 1 aromatic carbocycles. The monoisotopic (exact) mass is 334 g/mol. The molecule has 0 aliphatic carbocycles. The molecule has 0 heterocycles. The Morgan fingerprint density at radius 1 is 1.50 bits per heavy atom. The summed E-state index contributed by atoms with van der Waals surface area (Å²) in [6, 6.07) is 4.85. The third-order valence-corrected chi connectivity index (χ3v) is 2.53. The quantitative estimate of drug-likeness (QED) is 0.659. The van der Waals surface area contributed by atoms with E-state index in [2.05, 4.69) is 10.6 Å². The molecule has 0 saturated heterocycles. The summed E-state index contributed by atoms with van der Waals surface area (Å²) in [6.45, 7) is 1.70. The van der Waals surface area contributed by atoms with Crippen LogP contribution in [-0.2, 0) is 4.79 Å². The highest BCUT2D eigenvalue weighted by Gasteiger charge is 2.03. The molecule has 0 radical (unpaired) electrons. The Morgan fingerprint density at radius 3 is 2.75 bits per heavy atom. The van der Waals surface area contributed by atoms with Crippen LogP contribution >= 0.6 is 22.6 Å². The molecule has 1 rings (SSSR count). The normalized spacial score (nSPS) is 11.1. The summed E-state index contributed by atoms with van der Waals surface area (Å²) >= 11 is 2.04. The van der Waals surface area contributed by atoms with Gasteiger partial charge in [0, 0.05) is 22.4 Å². The number of allylic oxidation sites excluding steroid dienone is 1. The summed E-state index contributed by atoms with van der Waals surface area (Å²) in [5.74, 6) is -0.563. The van der Waals surface area contributed by atoms with Gasteiger partial charge in [0.15, 0.2) is 0 Å². The number of carbonyl (C=O) groups excluding carboxylic acids is 1. The predicted octanol–water partition coefficient (Wildman–Crippen LogP) is 2.49. The summed E-state index contributed by atoms with van der Waals surface area (Å²) in [5.41, 5.74) is 0.942. The minimum atomic E-state index is -0.337. The summed E-state index contributed by atoms with van der Waals surface area (Å²) in [5, 5.41) is 5.28. The highest BCUT2D eigenvalue weighted by Crippen LogP contribution is 2.18. The lowest BCUT2D eigenvalue weighted by Gasteiger charge is -2.07. The van der Waals surface area contributed by atoms with Crippen LogP contribution in [0.25, 0.3) is 0 Å². The third kappa shape index (κ3) is 3.80. The highest BCUT2D eigenvalue weighted by atomic mass is 127. The van der Waals surface area contributed by atoms with Gasteiger partial charge in [0.25, 0.3) is 0 Å². The molecule has 0 aliphatic rings. The van der Waals surface area contributed by atoms with Crippen molar-refractivity contribution < 1.29 is 9.18 Å². The molecule has 0 aliphatic heterocycles. The molecule has 1 amide bonds. The molecule has 2 N–H and O–H groups in total. The number of amides is 1. The SMILES string of the molecule is CNC(=O)/C=C(/C)Nc1ccc(I)cc1F. The first-order valence-corrected chi connectivity index (χ1v) is 5.73. The average molecular weight is 334 g/mol. The van der Waals surface area contributed by atoms with Gasteiger partial charge in [0.2, 0.25) is 5.91 Å². The number of carbonyl (C=O) groups is 1. The average Bonchev–Trinajstić information content (AvgIpc) is 2.22. The fourth-order valence-electron chi connectivity index (χ4n) is 1.11. The molecule has 0 fully saturated rings. The Hall–Kier alpha value is -1.11. The van der Waals surface area contributed by atoms with E-state index in [0.29, 0.717) is 11.4 Å². The zero-order chi connectivity index (χ0) is 12.1. The van der Waals surface area contributed by atoms with Crippen LogP contribution in [0.4, 0.5) is 10.1 Å². The topological polar surface area (TPSA) is 41.1 Å². The van der Waals surface area contributed by atoms with Crippen molar-refractivity contribution in [3.63, 3.8) is 0 Å². The minimum absolute atomic E-state index is 0.226. The van der Waals surface area contributed by atoms with E-state index in [-0.39, 0.29) is 11.7 Å². The van der Waals surface area contributed by atoms with Gasteiger partial charge in [0.05, 0.1) is 5.69 Å². The second-order valence-corrected chi connectivity index (χ2v) is 4.44. The largest absolute Gasteiger partial charge is 0.357 e. The lowest BCUT2D eigenvalue weighted by molar-refractivity contribution is -0.116. The molecule has 0 saturated carbocycles. The Morgan fingerprint density at radius 2 is 2.19 bits per heavy atom. The van der Waals surface area contributed by atoms with Gasteiger partial charge in [0.1, 0.15) is 5.82 Å². The summed E-state index contributed by atoms with van der Waals surface area (Å²) in [7, 11) is 1.54. The zero-order valence-electron chi connectivity index (χ0n) is 8.97. The number of nitrogens with one attached hydrogen (secondary N) is 2. The van der Waals surface area contributed by atoms with E-state index in [1.807, 2.05) is 22.6 Å². The lowest BCUT2D eigenvalue weighted by Crippen LogP contribution is -2.16. The van der Waals surface area contributed by atoms with Crippen LogP contribution in [0, 0.1) is 9.39 Å². The van der Waals surface area contributed by atoms with Crippen molar-refractivity contribution in [2.45, 2.75) is 6.92 Å². The Kier molecular flexibility index (Phi) is 4.72. The molecule has 0 spiro atoms. The first kappa shape index (κ1) is 13.0. The van der Waals surface area contributed by atoms with E-state index in [4.69, 9.17) is 0 Å². The van der Waals surface area contributed by atoms with Crippen molar-refractivity contribution in [1.29, 1.82) is 0 Å². The molecule has 5 heteroatoms. The number of benzene rings is 1. The van der Waals surface area contributed by atoms with Crippen LogP contribution < -0.4 is 10.6 Å². The number of hydrogen-bond donors (Lipinski definition) is 2. The molecule has 3 nitrogen and oxygen atoms in total. The van der Waals surface area contributed by atoms with Gasteiger partial charge in [-0.3, -0.25) is 4.79 Å². The third-order valence-electron chi connectivity index (χ3n) is 1.86. The summed E-state index contributed by atoms with van der Waals surface area (Å²) in [4.78, 5) is 11.0. The van der Waals surface area contributed by atoms with Crippen molar-refractivity contribution in [3.8, 4) is 0 Å². The van der Waals surface area contributed by atoms with Gasteiger partial charge in [-0.1, -0.05) is 0 Å². The second kappa shape index (κ2) is 5.83. The molecule has 86 valence electrons. The van der Waals surface area contributed by atoms with Crippen molar-refractivity contribution in [3.05, 3.63) is 39.4 Å². The number of anilines is 1. The van der Waals surface area contributed by atoms with Crippen LogP contribution in [0.2, 0.25) is 0 Å². The molecule has 0 atom stereocenters. The van der Waals surface area contributed by atoms with Gasteiger partial charge in [-0.05, 0) is 47.7 Å². The van der Waals surface area contributed by atoms with Gasteiger partial charge in [-0.15, -0.1) is 0 Å². The zero-order valence-corrected chi connectivity index (χ0v) is 11.1. The smallest absolute Gasteiger partial charge is 0.245 e. The summed E-state index contributed by atoms with van der Waals surface area (Å²) in [6.07, 6.45) is 1.37. The molecule has 0 unspecified atom stereocenters. The molecule has 16 heavy (non-hydrogen) atoms. The van der Waals surface area contributed by atoms with Crippen molar-refractivity contribution in [2.24, 2.45) is 0 Å².